The normalized spacial score (nSPS) is 11.1. The average molecular weight is 185 g/mol. The van der Waals surface area contributed by atoms with Crippen molar-refractivity contribution in [2.45, 2.75) is 0 Å². The van der Waals surface area contributed by atoms with Gasteiger partial charge in [-0.05, 0) is 12.1 Å². The molecule has 1 aromatic heterocycles. The first-order valence-corrected chi connectivity index (χ1v) is 4.12. The van der Waals surface area contributed by atoms with Gasteiger partial charge in [0.15, 0.2) is 0 Å². The second-order valence-electron chi connectivity index (χ2n) is 2.91. The molecule has 67 valence electrons. The van der Waals surface area contributed by atoms with E-state index in [0.29, 0.717) is 16.9 Å². The third-order valence-corrected chi connectivity index (χ3v) is 2.08. The van der Waals surface area contributed by atoms with Crippen LogP contribution in [0.4, 0.5) is 0 Å². The fourth-order valence-electron chi connectivity index (χ4n) is 1.47. The maximum atomic E-state index is 11.5. The molecule has 1 aromatic rings. The Bertz CT molecular complexity index is 623. The minimum absolute atomic E-state index is 0.0925. The van der Waals surface area contributed by atoms with Gasteiger partial charge in [0.25, 0.3) is 5.56 Å². The summed E-state index contributed by atoms with van der Waals surface area (Å²) < 4.78 is 6.76. The first kappa shape index (κ1) is 7.32. The molecule has 0 unspecified atom stereocenters. The van der Waals surface area contributed by atoms with Crippen molar-refractivity contribution in [1.82, 2.24) is 9.55 Å². The first-order chi connectivity index (χ1) is 6.86. The van der Waals surface area contributed by atoms with Gasteiger partial charge in [0, 0.05) is 18.3 Å². The molecule has 1 radical (unpaired) electrons. The molecule has 4 heteroatoms. The lowest BCUT2D eigenvalue weighted by molar-refractivity contribution is 0.579. The van der Waals surface area contributed by atoms with E-state index in [-0.39, 0.29) is 5.56 Å². The highest BCUT2D eigenvalue weighted by Crippen LogP contribution is 2.16. The van der Waals surface area contributed by atoms with Gasteiger partial charge in [-0.3, -0.25) is 9.36 Å². The van der Waals surface area contributed by atoms with E-state index < -0.39 is 0 Å². The molecule has 2 aliphatic heterocycles. The van der Waals surface area contributed by atoms with Crippen molar-refractivity contribution in [2.24, 2.45) is 0 Å². The average Bonchev–Trinajstić information content (AvgIpc) is 2.61. The summed E-state index contributed by atoms with van der Waals surface area (Å²) in [6.07, 6.45) is 3.08. The van der Waals surface area contributed by atoms with Gasteiger partial charge in [0.2, 0.25) is 5.71 Å². The Labute approximate surface area is 78.8 Å². The summed E-state index contributed by atoms with van der Waals surface area (Å²) in [7, 11) is 0. The Morgan fingerprint density at radius 1 is 1.43 bits per heavy atom. The lowest BCUT2D eigenvalue weighted by atomic mass is 10.4. The smallest absolute Gasteiger partial charge is 0.255 e. The Morgan fingerprint density at radius 3 is 3.29 bits per heavy atom. The molecule has 0 saturated carbocycles. The van der Waals surface area contributed by atoms with Crippen LogP contribution in [-0.2, 0) is 0 Å². The number of hydrogen-bond acceptors (Lipinski definition) is 3. The van der Waals surface area contributed by atoms with Crippen LogP contribution in [-0.4, -0.2) is 9.55 Å². The summed E-state index contributed by atoms with van der Waals surface area (Å²) >= 11 is 0. The van der Waals surface area contributed by atoms with Crippen molar-refractivity contribution < 1.29 is 4.42 Å². The molecule has 14 heavy (non-hydrogen) atoms. The van der Waals surface area contributed by atoms with E-state index in [0.717, 1.165) is 0 Å². The molecule has 0 amide bonds. The molecular formula is C10H5N2O2. The van der Waals surface area contributed by atoms with Crippen molar-refractivity contribution in [3.63, 3.8) is 0 Å². The van der Waals surface area contributed by atoms with Gasteiger partial charge in [0.1, 0.15) is 11.8 Å². The van der Waals surface area contributed by atoms with Gasteiger partial charge in [-0.25, -0.2) is 4.98 Å². The van der Waals surface area contributed by atoms with Crippen LogP contribution in [0.2, 0.25) is 0 Å². The molecule has 0 fully saturated rings. The molecule has 0 spiro atoms. The third-order valence-electron chi connectivity index (χ3n) is 2.08. The maximum Gasteiger partial charge on any atom is 0.255 e. The zero-order chi connectivity index (χ0) is 9.54. The summed E-state index contributed by atoms with van der Waals surface area (Å²) in [5.41, 5.74) is 1.60. The topological polar surface area (TPSA) is 48.0 Å². The van der Waals surface area contributed by atoms with Gasteiger partial charge >= 0.3 is 0 Å². The predicted molar refractivity (Wildman–Crippen MR) is 49.6 cm³/mol. The second-order valence-corrected chi connectivity index (χ2v) is 2.91. The zero-order valence-electron chi connectivity index (χ0n) is 7.10. The van der Waals surface area contributed by atoms with E-state index in [9.17, 15) is 4.79 Å². The van der Waals surface area contributed by atoms with E-state index in [2.05, 4.69) is 11.1 Å². The molecule has 0 N–H and O–H groups in total. The highest BCUT2D eigenvalue weighted by Gasteiger charge is 2.10. The number of fused-ring (bicyclic) bond motifs is 3. The minimum atomic E-state index is -0.0925. The molecule has 2 aliphatic rings. The Hall–Kier alpha value is -2.10. The Balaban J connectivity index is 2.64. The van der Waals surface area contributed by atoms with Gasteiger partial charge in [-0.1, -0.05) is 0 Å². The quantitative estimate of drug-likeness (QED) is 0.529. The fraction of sp³-hybridized carbons (Fsp3) is 0. The van der Waals surface area contributed by atoms with E-state index in [1.807, 2.05) is 0 Å². The SMILES string of the molecule is O=c1ccc2coc3ncc[c]c3n1-2. The number of aromatic nitrogens is 2. The molecule has 0 aromatic carbocycles. The second kappa shape index (κ2) is 2.45. The fourth-order valence-corrected chi connectivity index (χ4v) is 1.47. The van der Waals surface area contributed by atoms with Crippen LogP contribution >= 0.6 is 0 Å². The molecular weight excluding hydrogens is 180 g/mol. The van der Waals surface area contributed by atoms with Gasteiger partial charge < -0.3 is 4.42 Å². The van der Waals surface area contributed by atoms with Crippen LogP contribution in [0, 0.1) is 6.07 Å². The standard InChI is InChI=1S/C10H5N2O2/c13-9-4-3-7-6-14-10-8(12(7)9)2-1-5-11-10/h1,3-6H. The largest absolute Gasteiger partial charge is 0.443 e. The van der Waals surface area contributed by atoms with Crippen molar-refractivity contribution in [2.75, 3.05) is 0 Å². The zero-order valence-corrected chi connectivity index (χ0v) is 7.10. The Morgan fingerprint density at radius 2 is 2.36 bits per heavy atom. The third kappa shape index (κ3) is 0.821. The number of rotatable bonds is 0. The summed E-state index contributed by atoms with van der Waals surface area (Å²) in [5.74, 6) is 0. The monoisotopic (exact) mass is 185 g/mol. The predicted octanol–water partition coefficient (Wildman–Crippen LogP) is 1.22. The van der Waals surface area contributed by atoms with Gasteiger partial charge in [-0.2, -0.15) is 0 Å². The lowest BCUT2D eigenvalue weighted by Crippen LogP contribution is -2.12. The van der Waals surface area contributed by atoms with Gasteiger partial charge in [0.05, 0.1) is 5.69 Å². The molecule has 3 heterocycles. The Kier molecular flexibility index (Phi) is 1.28. The van der Waals surface area contributed by atoms with E-state index in [1.54, 1.807) is 18.3 Å². The first-order valence-electron chi connectivity index (χ1n) is 4.12. The summed E-state index contributed by atoms with van der Waals surface area (Å²) in [6, 6.07) is 7.77. The molecule has 3 rings (SSSR count). The molecule has 0 atom stereocenters. The van der Waals surface area contributed by atoms with Crippen LogP contribution in [0.15, 0.2) is 39.9 Å². The maximum absolute atomic E-state index is 11.5. The molecule has 0 bridgehead atoms. The van der Waals surface area contributed by atoms with Crippen LogP contribution in [0.3, 0.4) is 0 Å². The van der Waals surface area contributed by atoms with Crippen LogP contribution in [0.5, 0.6) is 0 Å². The number of hydrogen-bond donors (Lipinski definition) is 0. The van der Waals surface area contributed by atoms with E-state index in [1.165, 1.54) is 16.9 Å². The van der Waals surface area contributed by atoms with Crippen molar-refractivity contribution in [1.29, 1.82) is 0 Å². The number of nitrogens with zero attached hydrogens (tertiary/aromatic N) is 2. The van der Waals surface area contributed by atoms with Crippen LogP contribution in [0.1, 0.15) is 0 Å². The minimum Gasteiger partial charge on any atom is -0.443 e. The lowest BCUT2D eigenvalue weighted by Gasteiger charge is -2.04. The molecule has 0 saturated heterocycles. The molecule has 0 aliphatic carbocycles. The molecule has 4 nitrogen and oxygen atoms in total. The van der Waals surface area contributed by atoms with Crippen molar-refractivity contribution in [3.05, 3.63) is 47.1 Å². The van der Waals surface area contributed by atoms with Crippen molar-refractivity contribution in [3.8, 4) is 5.69 Å². The summed E-state index contributed by atoms with van der Waals surface area (Å²) in [6.45, 7) is 0. The number of pyridine rings is 1. The summed E-state index contributed by atoms with van der Waals surface area (Å²) in [5, 5.41) is 0. The highest BCUT2D eigenvalue weighted by molar-refractivity contribution is 5.70. The van der Waals surface area contributed by atoms with E-state index >= 15 is 0 Å². The van der Waals surface area contributed by atoms with Gasteiger partial charge in [-0.15, -0.1) is 0 Å². The van der Waals surface area contributed by atoms with E-state index in [4.69, 9.17) is 4.42 Å². The summed E-state index contributed by atoms with van der Waals surface area (Å²) in [4.78, 5) is 15.5. The van der Waals surface area contributed by atoms with Crippen LogP contribution in [0.25, 0.3) is 16.9 Å². The van der Waals surface area contributed by atoms with Crippen LogP contribution < -0.4 is 5.56 Å². The highest BCUT2D eigenvalue weighted by atomic mass is 16.3. The van der Waals surface area contributed by atoms with Crippen molar-refractivity contribution >= 4 is 11.2 Å².